The van der Waals surface area contributed by atoms with Crippen LogP contribution in [0.2, 0.25) is 19.6 Å². The number of benzene rings is 3. The molecule has 3 nitrogen and oxygen atoms in total. The van der Waals surface area contributed by atoms with Gasteiger partial charge in [-0.25, -0.2) is 0 Å². The van der Waals surface area contributed by atoms with E-state index in [-0.39, 0.29) is 0 Å². The molecule has 0 fully saturated rings. The van der Waals surface area contributed by atoms with E-state index >= 15 is 0 Å². The Labute approximate surface area is 221 Å². The van der Waals surface area contributed by atoms with Gasteiger partial charge in [0.15, 0.2) is 5.69 Å². The molecule has 4 heteroatoms. The number of nitrogens with zero attached hydrogens (tertiary/aromatic N) is 2. The number of nitriles is 1. The van der Waals surface area contributed by atoms with Crippen LogP contribution in [0.3, 0.4) is 0 Å². The van der Waals surface area contributed by atoms with Crippen molar-refractivity contribution in [3.63, 3.8) is 0 Å². The predicted molar refractivity (Wildman–Crippen MR) is 157 cm³/mol. The van der Waals surface area contributed by atoms with E-state index in [4.69, 9.17) is 4.42 Å². The summed E-state index contributed by atoms with van der Waals surface area (Å²) in [6, 6.07) is 24.0. The van der Waals surface area contributed by atoms with Gasteiger partial charge in [-0.2, -0.15) is 9.83 Å². The monoisotopic (exact) mass is 503 g/mol. The molecule has 0 saturated carbocycles. The molecule has 0 radical (unpaired) electrons. The number of pyridine rings is 1. The molecule has 2 heterocycles. The Morgan fingerprint density at radius 1 is 0.865 bits per heavy atom. The summed E-state index contributed by atoms with van der Waals surface area (Å²) in [7, 11) is 0.713. The molecule has 0 bridgehead atoms. The predicted octanol–water partition coefficient (Wildman–Crippen LogP) is 7.90. The standard InChI is InChI=1S/C33H35N2OSi/c1-20(2)25-15-22(4)35(5)30(18-25)31-21(3)9-14-27-29-17-23(19-34)16-28(32(29)36-33(27)31)24-10-12-26(13-11-24)37(6,7)8/h9-18,20H,1-8H3/q+1. The van der Waals surface area contributed by atoms with Crippen LogP contribution in [-0.2, 0) is 7.05 Å². The van der Waals surface area contributed by atoms with Gasteiger partial charge in [-0.15, -0.1) is 0 Å². The van der Waals surface area contributed by atoms with E-state index in [1.165, 1.54) is 22.0 Å². The van der Waals surface area contributed by atoms with Crippen LogP contribution in [0.5, 0.6) is 0 Å². The molecular formula is C33H35N2OSi+. The summed E-state index contributed by atoms with van der Waals surface area (Å²) in [5.74, 6) is 0.428. The number of hydrogen-bond acceptors (Lipinski definition) is 2. The van der Waals surface area contributed by atoms with E-state index in [0.29, 0.717) is 11.5 Å². The van der Waals surface area contributed by atoms with Gasteiger partial charge in [-0.3, -0.25) is 0 Å². The van der Waals surface area contributed by atoms with Crippen LogP contribution in [0.1, 0.15) is 42.1 Å². The number of fused-ring (bicyclic) bond motifs is 3. The maximum atomic E-state index is 9.88. The molecule has 0 aliphatic heterocycles. The van der Waals surface area contributed by atoms with Crippen molar-refractivity contribution in [2.24, 2.45) is 7.05 Å². The first kappa shape index (κ1) is 25.0. The van der Waals surface area contributed by atoms with Gasteiger partial charge >= 0.3 is 0 Å². The largest absolute Gasteiger partial charge is 0.454 e. The van der Waals surface area contributed by atoms with Crippen LogP contribution in [0.15, 0.2) is 65.1 Å². The van der Waals surface area contributed by atoms with Crippen molar-refractivity contribution in [3.8, 4) is 28.5 Å². The highest BCUT2D eigenvalue weighted by Gasteiger charge is 2.25. The van der Waals surface area contributed by atoms with E-state index in [2.05, 4.69) is 114 Å². The second-order valence-corrected chi connectivity index (χ2v) is 16.7. The molecule has 5 aromatic rings. The average Bonchev–Trinajstić information content (AvgIpc) is 3.23. The minimum absolute atomic E-state index is 0.428. The van der Waals surface area contributed by atoms with Gasteiger partial charge in [-0.1, -0.05) is 75.1 Å². The van der Waals surface area contributed by atoms with E-state index < -0.39 is 8.07 Å². The summed E-state index contributed by atoms with van der Waals surface area (Å²) in [4.78, 5) is 0. The smallest absolute Gasteiger partial charge is 0.216 e. The first-order valence-corrected chi connectivity index (χ1v) is 16.5. The average molecular weight is 504 g/mol. The SMILES string of the molecule is Cc1ccc2c(oc3c(-c4ccc([Si](C)(C)C)cc4)cc(C#N)cc32)c1-c1cc(C(C)C)cc(C)[n+]1C. The topological polar surface area (TPSA) is 40.8 Å². The van der Waals surface area contributed by atoms with Crippen LogP contribution < -0.4 is 9.75 Å². The van der Waals surface area contributed by atoms with Gasteiger partial charge in [0, 0.05) is 35.4 Å². The molecule has 2 aromatic heterocycles. The second-order valence-electron chi connectivity index (χ2n) is 11.6. The fraction of sp³-hybridized carbons (Fsp3) is 0.273. The number of aryl methyl sites for hydroxylation is 2. The molecule has 37 heavy (non-hydrogen) atoms. The Hall–Kier alpha value is -3.68. The van der Waals surface area contributed by atoms with E-state index in [1.54, 1.807) is 0 Å². The summed E-state index contributed by atoms with van der Waals surface area (Å²) in [5, 5.41) is 13.3. The van der Waals surface area contributed by atoms with Gasteiger partial charge in [0.2, 0.25) is 5.69 Å². The third-order valence-electron chi connectivity index (χ3n) is 7.63. The quantitative estimate of drug-likeness (QED) is 0.185. The van der Waals surface area contributed by atoms with E-state index in [1.807, 2.05) is 12.1 Å². The normalized spacial score (nSPS) is 12.0. The number of furan rings is 1. The van der Waals surface area contributed by atoms with Crippen LogP contribution in [0, 0.1) is 25.2 Å². The summed E-state index contributed by atoms with van der Waals surface area (Å²) in [6.45, 7) is 15.8. The summed E-state index contributed by atoms with van der Waals surface area (Å²) >= 11 is 0. The molecule has 0 saturated heterocycles. The lowest BCUT2D eigenvalue weighted by molar-refractivity contribution is -0.666. The zero-order valence-electron chi connectivity index (χ0n) is 23.2. The van der Waals surface area contributed by atoms with Gasteiger partial charge < -0.3 is 4.42 Å². The highest BCUT2D eigenvalue weighted by molar-refractivity contribution is 6.88. The summed E-state index contributed by atoms with van der Waals surface area (Å²) < 4.78 is 9.03. The van der Waals surface area contributed by atoms with Crippen molar-refractivity contribution in [2.75, 3.05) is 0 Å². The van der Waals surface area contributed by atoms with Crippen molar-refractivity contribution in [1.29, 1.82) is 5.26 Å². The minimum atomic E-state index is -1.41. The van der Waals surface area contributed by atoms with Crippen LogP contribution in [-0.4, -0.2) is 8.07 Å². The molecule has 5 rings (SSSR count). The van der Waals surface area contributed by atoms with Gasteiger partial charge in [0.05, 0.1) is 25.3 Å². The highest BCUT2D eigenvalue weighted by atomic mass is 28.3. The molecule has 0 amide bonds. The summed E-state index contributed by atoms with van der Waals surface area (Å²) in [6.07, 6.45) is 0. The molecular weight excluding hydrogens is 468 g/mol. The maximum Gasteiger partial charge on any atom is 0.216 e. The zero-order valence-corrected chi connectivity index (χ0v) is 24.2. The maximum absolute atomic E-state index is 9.88. The molecule has 0 N–H and O–H groups in total. The zero-order chi connectivity index (χ0) is 26.6. The van der Waals surface area contributed by atoms with Crippen molar-refractivity contribution in [2.45, 2.75) is 53.3 Å². The van der Waals surface area contributed by atoms with Crippen molar-refractivity contribution in [1.82, 2.24) is 0 Å². The van der Waals surface area contributed by atoms with E-state index in [9.17, 15) is 5.26 Å². The van der Waals surface area contributed by atoms with Crippen LogP contribution in [0.25, 0.3) is 44.3 Å². The molecule has 0 aliphatic carbocycles. The van der Waals surface area contributed by atoms with Crippen molar-refractivity contribution >= 4 is 35.2 Å². The number of hydrogen-bond donors (Lipinski definition) is 0. The molecule has 3 aromatic carbocycles. The van der Waals surface area contributed by atoms with Gasteiger partial charge in [0.25, 0.3) is 0 Å². The fourth-order valence-electron chi connectivity index (χ4n) is 5.18. The molecule has 0 aliphatic rings. The lowest BCUT2D eigenvalue weighted by Crippen LogP contribution is -2.37. The molecule has 0 atom stereocenters. The van der Waals surface area contributed by atoms with Crippen molar-refractivity contribution in [3.05, 3.63) is 83.0 Å². The molecule has 0 unspecified atom stereocenters. The van der Waals surface area contributed by atoms with Crippen LogP contribution >= 0.6 is 0 Å². The molecule has 186 valence electrons. The fourth-order valence-corrected chi connectivity index (χ4v) is 6.35. The lowest BCUT2D eigenvalue weighted by Gasteiger charge is -2.16. The van der Waals surface area contributed by atoms with Crippen LogP contribution in [0.4, 0.5) is 0 Å². The Morgan fingerprint density at radius 3 is 2.19 bits per heavy atom. The third-order valence-corrected chi connectivity index (χ3v) is 9.70. The Kier molecular flexibility index (Phi) is 6.08. The Bertz CT molecular complexity index is 1710. The van der Waals surface area contributed by atoms with E-state index in [0.717, 1.165) is 44.3 Å². The Morgan fingerprint density at radius 2 is 1.57 bits per heavy atom. The van der Waals surface area contributed by atoms with Gasteiger partial charge in [0.1, 0.15) is 18.2 Å². The summed E-state index contributed by atoms with van der Waals surface area (Å²) in [5.41, 5.74) is 10.3. The highest BCUT2D eigenvalue weighted by Crippen LogP contribution is 2.41. The third kappa shape index (κ3) is 4.28. The number of aromatic nitrogens is 1. The minimum Gasteiger partial charge on any atom is -0.454 e. The number of rotatable bonds is 4. The van der Waals surface area contributed by atoms with Crippen molar-refractivity contribution < 1.29 is 8.98 Å². The van der Waals surface area contributed by atoms with Gasteiger partial charge in [-0.05, 0) is 41.7 Å². The first-order valence-electron chi connectivity index (χ1n) is 13.0. The lowest BCUT2D eigenvalue weighted by atomic mass is 9.95. The Balaban J connectivity index is 1.83. The first-order chi connectivity index (χ1) is 17.5. The molecule has 0 spiro atoms. The second kappa shape index (κ2) is 9.01.